The Morgan fingerprint density at radius 1 is 0.875 bits per heavy atom. The minimum Gasteiger partial charge on any atom is -0.205 e. The van der Waals surface area contributed by atoms with E-state index in [9.17, 15) is 0 Å². The summed E-state index contributed by atoms with van der Waals surface area (Å²) < 4.78 is 2.34. The van der Waals surface area contributed by atoms with E-state index >= 15 is 0 Å². The van der Waals surface area contributed by atoms with Crippen LogP contribution in [0.4, 0.5) is 0 Å². The van der Waals surface area contributed by atoms with Gasteiger partial charge in [0.05, 0.1) is 0 Å². The summed E-state index contributed by atoms with van der Waals surface area (Å²) in [6.45, 7) is 7.79. The van der Waals surface area contributed by atoms with Crippen LogP contribution in [0.3, 0.4) is 0 Å². The summed E-state index contributed by atoms with van der Waals surface area (Å²) in [6.07, 6.45) is 12.7. The first-order chi connectivity index (χ1) is 7.72. The van der Waals surface area contributed by atoms with Crippen LogP contribution in [0.2, 0.25) is 0 Å². The third kappa shape index (κ3) is 5.29. The Morgan fingerprint density at radius 3 is 2.06 bits per heavy atom. The zero-order valence-corrected chi connectivity index (χ0v) is 11.1. The number of hydrogen-bond acceptors (Lipinski definition) is 0. The summed E-state index contributed by atoms with van der Waals surface area (Å²) in [6, 6.07) is 2.23. The highest BCUT2D eigenvalue weighted by molar-refractivity contribution is 5.11. The summed E-state index contributed by atoms with van der Waals surface area (Å²) in [5.74, 6) is 0. The normalized spacial score (nSPS) is 10.7. The minimum absolute atomic E-state index is 1.18. The quantitative estimate of drug-likeness (QED) is 0.484. The molecule has 1 heterocycles. The Bertz CT molecular complexity index is 284. The molecule has 0 aliphatic carbocycles. The molecule has 0 spiro atoms. The van der Waals surface area contributed by atoms with Crippen molar-refractivity contribution in [2.75, 3.05) is 0 Å². The zero-order valence-electron chi connectivity index (χ0n) is 11.1. The molecule has 16 heavy (non-hydrogen) atoms. The largest absolute Gasteiger partial charge is 0.205 e. The van der Waals surface area contributed by atoms with Crippen LogP contribution in [0.25, 0.3) is 0 Å². The van der Waals surface area contributed by atoms with Crippen LogP contribution in [0.5, 0.6) is 0 Å². The number of unbranched alkanes of at least 4 members (excludes halogenated alkanes) is 5. The molecule has 0 amide bonds. The maximum atomic E-state index is 2.34. The first kappa shape index (κ1) is 13.2. The molecule has 1 aromatic rings. The Kier molecular flexibility index (Phi) is 6.14. The summed E-state index contributed by atoms with van der Waals surface area (Å²) in [4.78, 5) is 0. The number of nitrogens with zero attached hydrogens (tertiary/aromatic N) is 1. The maximum Gasteiger partial charge on any atom is 0.171 e. The van der Waals surface area contributed by atoms with Gasteiger partial charge in [-0.05, 0) is 26.3 Å². The SMILES string of the molecule is CCCCCCCC[n+]1cc(C)cc(C)c1. The number of aryl methyl sites for hydroxylation is 3. The average Bonchev–Trinajstić information content (AvgIpc) is 2.22. The van der Waals surface area contributed by atoms with E-state index in [0.717, 1.165) is 0 Å². The van der Waals surface area contributed by atoms with Gasteiger partial charge < -0.3 is 0 Å². The Morgan fingerprint density at radius 2 is 1.44 bits per heavy atom. The first-order valence-electron chi connectivity index (χ1n) is 6.69. The highest BCUT2D eigenvalue weighted by Crippen LogP contribution is 2.05. The van der Waals surface area contributed by atoms with Crippen LogP contribution in [-0.2, 0) is 6.54 Å². The second-order valence-electron chi connectivity index (χ2n) is 4.90. The van der Waals surface area contributed by atoms with Crippen LogP contribution in [0.15, 0.2) is 18.5 Å². The molecule has 0 aliphatic heterocycles. The molecule has 0 unspecified atom stereocenters. The Labute approximate surface area is 101 Å². The average molecular weight is 220 g/mol. The molecule has 0 saturated heterocycles. The summed E-state index contributed by atoms with van der Waals surface area (Å²) in [7, 11) is 0. The molecule has 90 valence electrons. The zero-order chi connectivity index (χ0) is 11.8. The lowest BCUT2D eigenvalue weighted by atomic mass is 10.1. The van der Waals surface area contributed by atoms with Gasteiger partial charge in [-0.3, -0.25) is 0 Å². The molecule has 0 bridgehead atoms. The lowest BCUT2D eigenvalue weighted by Gasteiger charge is -2.00. The van der Waals surface area contributed by atoms with E-state index in [-0.39, 0.29) is 0 Å². The smallest absolute Gasteiger partial charge is 0.171 e. The van der Waals surface area contributed by atoms with Crippen molar-refractivity contribution in [3.63, 3.8) is 0 Å². The highest BCUT2D eigenvalue weighted by atomic mass is 14.9. The van der Waals surface area contributed by atoms with Crippen molar-refractivity contribution >= 4 is 0 Å². The van der Waals surface area contributed by atoms with E-state index in [1.807, 2.05) is 0 Å². The van der Waals surface area contributed by atoms with E-state index in [1.54, 1.807) is 0 Å². The van der Waals surface area contributed by atoms with Gasteiger partial charge in [-0.15, -0.1) is 0 Å². The van der Waals surface area contributed by atoms with E-state index in [4.69, 9.17) is 0 Å². The van der Waals surface area contributed by atoms with Crippen LogP contribution >= 0.6 is 0 Å². The van der Waals surface area contributed by atoms with Crippen LogP contribution < -0.4 is 4.57 Å². The van der Waals surface area contributed by atoms with Gasteiger partial charge in [0.15, 0.2) is 12.4 Å². The third-order valence-corrected chi connectivity index (χ3v) is 2.96. The van der Waals surface area contributed by atoms with Crippen molar-refractivity contribution in [2.24, 2.45) is 0 Å². The fraction of sp³-hybridized carbons (Fsp3) is 0.667. The fourth-order valence-electron chi connectivity index (χ4n) is 2.20. The third-order valence-electron chi connectivity index (χ3n) is 2.96. The van der Waals surface area contributed by atoms with Crippen molar-refractivity contribution < 1.29 is 4.57 Å². The van der Waals surface area contributed by atoms with Crippen LogP contribution in [0.1, 0.15) is 56.6 Å². The van der Waals surface area contributed by atoms with E-state index in [0.29, 0.717) is 0 Å². The van der Waals surface area contributed by atoms with E-state index in [1.165, 1.54) is 56.2 Å². The van der Waals surface area contributed by atoms with E-state index in [2.05, 4.69) is 43.8 Å². The van der Waals surface area contributed by atoms with Gasteiger partial charge in [-0.25, -0.2) is 4.57 Å². The van der Waals surface area contributed by atoms with Gasteiger partial charge in [0.1, 0.15) is 6.54 Å². The number of aromatic nitrogens is 1. The van der Waals surface area contributed by atoms with Crippen LogP contribution in [0, 0.1) is 13.8 Å². The maximum absolute atomic E-state index is 2.34. The topological polar surface area (TPSA) is 3.88 Å². The molecule has 1 heteroatoms. The molecule has 0 saturated carbocycles. The number of rotatable bonds is 7. The predicted molar refractivity (Wildman–Crippen MR) is 69.5 cm³/mol. The monoisotopic (exact) mass is 220 g/mol. The lowest BCUT2D eigenvalue weighted by Crippen LogP contribution is -2.33. The van der Waals surface area contributed by atoms with Gasteiger partial charge in [-0.2, -0.15) is 0 Å². The molecule has 0 atom stereocenters. The molecule has 0 radical (unpaired) electrons. The lowest BCUT2D eigenvalue weighted by molar-refractivity contribution is -0.698. The molecular weight excluding hydrogens is 194 g/mol. The second kappa shape index (κ2) is 7.43. The molecule has 0 N–H and O–H groups in total. The summed E-state index contributed by atoms with van der Waals surface area (Å²) >= 11 is 0. The van der Waals surface area contributed by atoms with E-state index < -0.39 is 0 Å². The predicted octanol–water partition coefficient (Wildman–Crippen LogP) is 3.95. The Balaban J connectivity index is 2.21. The van der Waals surface area contributed by atoms with Gasteiger partial charge >= 0.3 is 0 Å². The van der Waals surface area contributed by atoms with Gasteiger partial charge in [0, 0.05) is 17.5 Å². The standard InChI is InChI=1S/C15H26N/c1-4-5-6-7-8-9-10-16-12-14(2)11-15(3)13-16/h11-13H,4-10H2,1-3H3/q+1. The highest BCUT2D eigenvalue weighted by Gasteiger charge is 2.02. The van der Waals surface area contributed by atoms with Crippen molar-refractivity contribution in [3.05, 3.63) is 29.6 Å². The van der Waals surface area contributed by atoms with Crippen molar-refractivity contribution in [1.29, 1.82) is 0 Å². The number of hydrogen-bond donors (Lipinski definition) is 0. The summed E-state index contributed by atoms with van der Waals surface area (Å²) in [5, 5.41) is 0. The Hall–Kier alpha value is -0.850. The fourth-order valence-corrected chi connectivity index (χ4v) is 2.20. The van der Waals surface area contributed by atoms with Gasteiger partial charge in [0.25, 0.3) is 0 Å². The molecular formula is C15H26N+. The van der Waals surface area contributed by atoms with Gasteiger partial charge in [0.2, 0.25) is 0 Å². The molecule has 0 fully saturated rings. The first-order valence-corrected chi connectivity index (χ1v) is 6.69. The molecule has 1 aromatic heterocycles. The summed E-state index contributed by atoms with van der Waals surface area (Å²) in [5.41, 5.74) is 2.73. The molecule has 0 aliphatic rings. The van der Waals surface area contributed by atoms with Crippen molar-refractivity contribution in [3.8, 4) is 0 Å². The second-order valence-corrected chi connectivity index (χ2v) is 4.90. The van der Waals surface area contributed by atoms with Crippen molar-refractivity contribution in [1.82, 2.24) is 0 Å². The molecule has 1 nitrogen and oxygen atoms in total. The van der Waals surface area contributed by atoms with Crippen LogP contribution in [-0.4, -0.2) is 0 Å². The molecule has 1 rings (SSSR count). The van der Waals surface area contributed by atoms with Gasteiger partial charge in [-0.1, -0.05) is 32.6 Å². The number of pyridine rings is 1. The minimum atomic E-state index is 1.18. The molecule has 0 aromatic carbocycles. The van der Waals surface area contributed by atoms with Crippen molar-refractivity contribution in [2.45, 2.75) is 65.8 Å².